The first-order valence-corrected chi connectivity index (χ1v) is 16.9. The average Bonchev–Trinajstić information content (AvgIpc) is 2.55. The van der Waals surface area contributed by atoms with Crippen LogP contribution in [-0.2, 0) is 13.0 Å². The van der Waals surface area contributed by atoms with Crippen LogP contribution in [0.25, 0.3) is 0 Å². The third-order valence-electron chi connectivity index (χ3n) is 4.64. The molecule has 0 aliphatic rings. The summed E-state index contributed by atoms with van der Waals surface area (Å²) in [6, 6.07) is 0. The van der Waals surface area contributed by atoms with E-state index in [2.05, 4.69) is 40.0 Å². The van der Waals surface area contributed by atoms with E-state index in [0.717, 1.165) is 26.1 Å². The Morgan fingerprint density at radius 1 is 0.462 bits per heavy atom. The predicted molar refractivity (Wildman–Crippen MR) is 119 cm³/mol. The number of hydrogen-bond acceptors (Lipinski definition) is 3. The van der Waals surface area contributed by atoms with Crippen molar-refractivity contribution in [1.29, 1.82) is 0 Å². The van der Waals surface area contributed by atoms with E-state index >= 15 is 0 Å². The molecule has 0 aliphatic carbocycles. The fourth-order valence-electron chi connectivity index (χ4n) is 3.23. The third kappa shape index (κ3) is 17.7. The van der Waals surface area contributed by atoms with Gasteiger partial charge < -0.3 is 13.0 Å². The van der Waals surface area contributed by atoms with Gasteiger partial charge in [0.05, 0.1) is 0 Å². The lowest BCUT2D eigenvalue weighted by molar-refractivity contribution is 0.190. The molecule has 0 spiro atoms. The third-order valence-corrected chi connectivity index (χ3v) is 10.4. The zero-order valence-electron chi connectivity index (χ0n) is 18.8. The van der Waals surface area contributed by atoms with Gasteiger partial charge in [0.1, 0.15) is 0 Å². The second-order valence-electron chi connectivity index (χ2n) is 8.49. The Morgan fingerprint density at radius 2 is 0.769 bits per heavy atom. The summed E-state index contributed by atoms with van der Waals surface area (Å²) in [4.78, 5) is 0. The quantitative estimate of drug-likeness (QED) is 0.164. The number of rotatable bonds is 19. The van der Waals surface area contributed by atoms with Crippen molar-refractivity contribution in [2.45, 2.75) is 124 Å². The standard InChI is InChI=1S/C21H48O3Si2/c1-7-9-11-12-13-14-15-16-17-19-21-23-26(5,6)24-25(3,4)22-20-18-10-8-2/h7-21H2,1-6H3. The first-order valence-electron chi connectivity index (χ1n) is 11.3. The summed E-state index contributed by atoms with van der Waals surface area (Å²) in [7, 11) is -4.12. The fraction of sp³-hybridized carbons (Fsp3) is 1.00. The van der Waals surface area contributed by atoms with E-state index < -0.39 is 17.1 Å². The van der Waals surface area contributed by atoms with Gasteiger partial charge in [-0.05, 0) is 39.0 Å². The van der Waals surface area contributed by atoms with Crippen molar-refractivity contribution in [2.75, 3.05) is 13.2 Å². The molecular weight excluding hydrogens is 356 g/mol. The van der Waals surface area contributed by atoms with Gasteiger partial charge in [0, 0.05) is 13.2 Å². The van der Waals surface area contributed by atoms with Crippen molar-refractivity contribution in [1.82, 2.24) is 0 Å². The first-order chi connectivity index (χ1) is 12.3. The van der Waals surface area contributed by atoms with Gasteiger partial charge in [-0.15, -0.1) is 0 Å². The summed E-state index contributed by atoms with van der Waals surface area (Å²) >= 11 is 0. The van der Waals surface area contributed by atoms with Crippen molar-refractivity contribution in [3.05, 3.63) is 0 Å². The summed E-state index contributed by atoms with van der Waals surface area (Å²) < 4.78 is 18.5. The number of unbranched alkanes of at least 4 members (excludes halogenated alkanes) is 11. The summed E-state index contributed by atoms with van der Waals surface area (Å²) in [5.41, 5.74) is 0. The van der Waals surface area contributed by atoms with Crippen LogP contribution in [0.15, 0.2) is 0 Å². The van der Waals surface area contributed by atoms with Gasteiger partial charge in [0.2, 0.25) is 0 Å². The Labute approximate surface area is 167 Å². The van der Waals surface area contributed by atoms with Crippen LogP contribution in [0.5, 0.6) is 0 Å². The van der Waals surface area contributed by atoms with Gasteiger partial charge in [-0.25, -0.2) is 0 Å². The van der Waals surface area contributed by atoms with E-state index in [1.54, 1.807) is 0 Å². The van der Waals surface area contributed by atoms with Gasteiger partial charge in [0.25, 0.3) is 0 Å². The van der Waals surface area contributed by atoms with E-state index in [4.69, 9.17) is 13.0 Å². The lowest BCUT2D eigenvalue weighted by atomic mass is 10.1. The van der Waals surface area contributed by atoms with Crippen LogP contribution < -0.4 is 0 Å². The molecule has 0 N–H and O–H groups in total. The molecule has 0 bridgehead atoms. The van der Waals surface area contributed by atoms with Crippen LogP contribution >= 0.6 is 0 Å². The molecule has 0 saturated heterocycles. The SMILES string of the molecule is CCCCCCCCCCCCO[Si](C)(C)O[Si](C)(C)OCCCCC. The summed E-state index contributed by atoms with van der Waals surface area (Å²) in [5, 5.41) is 0. The second-order valence-corrected chi connectivity index (χ2v) is 15.5. The molecule has 0 atom stereocenters. The van der Waals surface area contributed by atoms with E-state index in [1.165, 1.54) is 70.6 Å². The van der Waals surface area contributed by atoms with E-state index in [-0.39, 0.29) is 0 Å². The zero-order valence-corrected chi connectivity index (χ0v) is 20.8. The van der Waals surface area contributed by atoms with Crippen LogP contribution in [0.1, 0.15) is 97.3 Å². The average molecular weight is 405 g/mol. The van der Waals surface area contributed by atoms with Gasteiger partial charge >= 0.3 is 17.1 Å². The number of hydrogen-bond donors (Lipinski definition) is 0. The van der Waals surface area contributed by atoms with Crippen molar-refractivity contribution in [2.24, 2.45) is 0 Å². The molecule has 0 fully saturated rings. The smallest absolute Gasteiger partial charge is 0.322 e. The molecule has 158 valence electrons. The van der Waals surface area contributed by atoms with Crippen molar-refractivity contribution < 1.29 is 13.0 Å². The maximum Gasteiger partial charge on any atom is 0.322 e. The largest absolute Gasteiger partial charge is 0.415 e. The molecule has 3 nitrogen and oxygen atoms in total. The van der Waals surface area contributed by atoms with Crippen LogP contribution in [0, 0.1) is 0 Å². The molecule has 0 amide bonds. The predicted octanol–water partition coefficient (Wildman–Crippen LogP) is 7.55. The van der Waals surface area contributed by atoms with Gasteiger partial charge in [-0.3, -0.25) is 0 Å². The van der Waals surface area contributed by atoms with E-state index in [1.807, 2.05) is 0 Å². The second kappa shape index (κ2) is 16.3. The maximum atomic E-state index is 6.33. The summed E-state index contributed by atoms with van der Waals surface area (Å²) in [6.45, 7) is 14.8. The highest BCUT2D eigenvalue weighted by Crippen LogP contribution is 2.18. The van der Waals surface area contributed by atoms with E-state index in [9.17, 15) is 0 Å². The molecule has 0 unspecified atom stereocenters. The molecule has 0 radical (unpaired) electrons. The first kappa shape index (κ1) is 26.3. The normalized spacial score (nSPS) is 12.7. The van der Waals surface area contributed by atoms with Gasteiger partial charge in [-0.1, -0.05) is 84.5 Å². The molecule has 0 aromatic carbocycles. The molecule has 0 saturated carbocycles. The minimum absolute atomic E-state index is 0.829. The fourth-order valence-corrected chi connectivity index (χ4v) is 9.71. The van der Waals surface area contributed by atoms with Crippen molar-refractivity contribution >= 4 is 17.1 Å². The Bertz CT molecular complexity index is 310. The molecule has 0 rings (SSSR count). The van der Waals surface area contributed by atoms with Crippen LogP contribution in [-0.4, -0.2) is 30.3 Å². The molecule has 0 aromatic rings. The zero-order chi connectivity index (χ0) is 19.7. The summed E-state index contributed by atoms with van der Waals surface area (Å²) in [6.07, 6.45) is 17.2. The molecule has 5 heteroatoms. The highest BCUT2D eigenvalue weighted by atomic mass is 28.5. The highest BCUT2D eigenvalue weighted by Gasteiger charge is 2.36. The molecule has 26 heavy (non-hydrogen) atoms. The highest BCUT2D eigenvalue weighted by molar-refractivity contribution is 6.78. The van der Waals surface area contributed by atoms with Crippen LogP contribution in [0.4, 0.5) is 0 Å². The van der Waals surface area contributed by atoms with Gasteiger partial charge in [-0.2, -0.15) is 0 Å². The van der Waals surface area contributed by atoms with Crippen molar-refractivity contribution in [3.63, 3.8) is 0 Å². The molecule has 0 aliphatic heterocycles. The lowest BCUT2D eigenvalue weighted by Gasteiger charge is -2.32. The molecule has 0 heterocycles. The Morgan fingerprint density at radius 3 is 1.19 bits per heavy atom. The van der Waals surface area contributed by atoms with Crippen LogP contribution in [0.2, 0.25) is 26.2 Å². The Kier molecular flexibility index (Phi) is 16.5. The molecule has 0 aromatic heterocycles. The van der Waals surface area contributed by atoms with Crippen LogP contribution in [0.3, 0.4) is 0 Å². The Balaban J connectivity index is 3.64. The summed E-state index contributed by atoms with van der Waals surface area (Å²) in [5.74, 6) is 0. The van der Waals surface area contributed by atoms with E-state index in [0.29, 0.717) is 0 Å². The van der Waals surface area contributed by atoms with Gasteiger partial charge in [0.15, 0.2) is 0 Å². The minimum atomic E-state index is -2.06. The minimum Gasteiger partial charge on any atom is -0.415 e. The Hall–Kier alpha value is 0.314. The maximum absolute atomic E-state index is 6.33. The lowest BCUT2D eigenvalue weighted by Crippen LogP contribution is -2.48. The monoisotopic (exact) mass is 404 g/mol. The topological polar surface area (TPSA) is 27.7 Å². The van der Waals surface area contributed by atoms with Crippen molar-refractivity contribution in [3.8, 4) is 0 Å². The molecular formula is C21H48O3Si2.